The van der Waals surface area contributed by atoms with Crippen molar-refractivity contribution in [3.63, 3.8) is 0 Å². The maximum Gasteiger partial charge on any atom is 0.339 e. The summed E-state index contributed by atoms with van der Waals surface area (Å²) in [6.45, 7) is 0. The molecule has 130 valence electrons. The Hall–Kier alpha value is -2.10. The maximum absolute atomic E-state index is 12.4. The highest BCUT2D eigenvalue weighted by Gasteiger charge is 2.69. The van der Waals surface area contributed by atoms with E-state index in [4.69, 9.17) is 0 Å². The fourth-order valence-corrected chi connectivity index (χ4v) is 2.74. The van der Waals surface area contributed by atoms with Crippen molar-refractivity contribution in [1.82, 2.24) is 0 Å². The molecule has 1 saturated carbocycles. The molecule has 1 aromatic carbocycles. The summed E-state index contributed by atoms with van der Waals surface area (Å²) in [6, 6.07) is 8.36. The second-order valence-electron chi connectivity index (χ2n) is 5.75. The van der Waals surface area contributed by atoms with Gasteiger partial charge in [-0.1, -0.05) is 36.4 Å². The van der Waals surface area contributed by atoms with Crippen LogP contribution in [0.25, 0.3) is 6.08 Å². The fourth-order valence-electron chi connectivity index (χ4n) is 2.74. The lowest BCUT2D eigenvalue weighted by atomic mass is 9.65. The van der Waals surface area contributed by atoms with E-state index in [0.29, 0.717) is 5.56 Å². The zero-order chi connectivity index (χ0) is 18.1. The number of carboxylic acids is 1. The van der Waals surface area contributed by atoms with Crippen LogP contribution in [0.3, 0.4) is 0 Å². The average molecular weight is 338 g/mol. The van der Waals surface area contributed by atoms with Crippen molar-refractivity contribution in [3.05, 3.63) is 42.0 Å². The topological polar surface area (TPSA) is 156 Å². The zero-order valence-electron chi connectivity index (χ0n) is 12.5. The van der Waals surface area contributed by atoms with Crippen molar-refractivity contribution in [2.75, 3.05) is 0 Å². The quantitative estimate of drug-likeness (QED) is 0.355. The molecule has 2 rings (SSSR count). The number of aliphatic carboxylic acids is 1. The molecule has 6 N–H and O–H groups in total. The molecule has 1 aromatic rings. The number of carbonyl (C=O) groups excluding carboxylic acids is 1. The second-order valence-corrected chi connectivity index (χ2v) is 5.75. The SMILES string of the molecule is O=C(O)C1(O)C[C@@H](O)C(O)[C@H](O)C1(O)C(=O)C=Cc1ccccc1. The molecule has 0 bridgehead atoms. The van der Waals surface area contributed by atoms with E-state index in [-0.39, 0.29) is 0 Å². The van der Waals surface area contributed by atoms with Crippen molar-refractivity contribution >= 4 is 17.8 Å². The molecule has 0 radical (unpaired) electrons. The van der Waals surface area contributed by atoms with Crippen molar-refractivity contribution in [2.24, 2.45) is 0 Å². The summed E-state index contributed by atoms with van der Waals surface area (Å²) in [7, 11) is 0. The third-order valence-electron chi connectivity index (χ3n) is 4.24. The highest BCUT2D eigenvalue weighted by atomic mass is 16.4. The van der Waals surface area contributed by atoms with Crippen LogP contribution in [0.4, 0.5) is 0 Å². The summed E-state index contributed by atoms with van der Waals surface area (Å²) in [5.74, 6) is -3.31. The van der Waals surface area contributed by atoms with Crippen LogP contribution >= 0.6 is 0 Å². The Morgan fingerprint density at radius 2 is 1.67 bits per heavy atom. The fraction of sp³-hybridized carbons (Fsp3) is 0.375. The van der Waals surface area contributed by atoms with E-state index in [1.54, 1.807) is 30.3 Å². The standard InChI is InChI=1S/C16H18O8/c17-10-8-15(23,14(21)22)16(24,13(20)12(10)19)11(18)7-6-9-4-2-1-3-5-9/h1-7,10,12-13,17,19-20,23-24H,8H2,(H,21,22)/t10-,12?,13+,15?,16?/m1/s1. The summed E-state index contributed by atoms with van der Waals surface area (Å²) in [5, 5.41) is 59.2. The van der Waals surface area contributed by atoms with Crippen molar-refractivity contribution in [3.8, 4) is 0 Å². The maximum atomic E-state index is 12.4. The van der Waals surface area contributed by atoms with Crippen LogP contribution < -0.4 is 0 Å². The first-order chi connectivity index (χ1) is 11.1. The molecule has 8 nitrogen and oxygen atoms in total. The molecular formula is C16H18O8. The third-order valence-corrected chi connectivity index (χ3v) is 4.24. The van der Waals surface area contributed by atoms with Crippen LogP contribution in [0.1, 0.15) is 12.0 Å². The molecule has 1 aliphatic carbocycles. The van der Waals surface area contributed by atoms with Crippen molar-refractivity contribution in [2.45, 2.75) is 35.9 Å². The van der Waals surface area contributed by atoms with Gasteiger partial charge in [-0.2, -0.15) is 0 Å². The smallest absolute Gasteiger partial charge is 0.339 e. The molecule has 0 heterocycles. The summed E-state index contributed by atoms with van der Waals surface area (Å²) in [5.41, 5.74) is -5.83. The minimum absolute atomic E-state index is 0.555. The van der Waals surface area contributed by atoms with Crippen molar-refractivity contribution < 1.29 is 40.2 Å². The van der Waals surface area contributed by atoms with Crippen LogP contribution in [0.5, 0.6) is 0 Å². The molecule has 3 unspecified atom stereocenters. The third kappa shape index (κ3) is 2.74. The highest BCUT2D eigenvalue weighted by molar-refractivity contribution is 6.05. The first-order valence-corrected chi connectivity index (χ1v) is 7.14. The number of ketones is 1. The summed E-state index contributed by atoms with van der Waals surface area (Å²) < 4.78 is 0. The van der Waals surface area contributed by atoms with E-state index < -0.39 is 47.7 Å². The minimum atomic E-state index is -3.22. The van der Waals surface area contributed by atoms with Crippen LogP contribution in [-0.2, 0) is 9.59 Å². The first-order valence-electron chi connectivity index (χ1n) is 7.14. The summed E-state index contributed by atoms with van der Waals surface area (Å²) in [6.07, 6.45) is -5.18. The summed E-state index contributed by atoms with van der Waals surface area (Å²) in [4.78, 5) is 23.7. The largest absolute Gasteiger partial charge is 0.479 e. The van der Waals surface area contributed by atoms with E-state index in [9.17, 15) is 40.2 Å². The molecule has 0 saturated heterocycles. The Labute approximate surface area is 136 Å². The van der Waals surface area contributed by atoms with Gasteiger partial charge in [0.15, 0.2) is 11.4 Å². The molecule has 5 atom stereocenters. The predicted molar refractivity (Wildman–Crippen MR) is 80.7 cm³/mol. The van der Waals surface area contributed by atoms with Crippen LogP contribution in [0, 0.1) is 0 Å². The van der Waals surface area contributed by atoms with Gasteiger partial charge in [0.2, 0.25) is 5.60 Å². The molecule has 0 amide bonds. The van der Waals surface area contributed by atoms with Gasteiger partial charge in [0.25, 0.3) is 0 Å². The minimum Gasteiger partial charge on any atom is -0.479 e. The lowest BCUT2D eigenvalue weighted by Crippen LogP contribution is -2.76. The lowest BCUT2D eigenvalue weighted by Gasteiger charge is -2.48. The van der Waals surface area contributed by atoms with E-state index in [1.807, 2.05) is 0 Å². The molecular weight excluding hydrogens is 320 g/mol. The molecule has 24 heavy (non-hydrogen) atoms. The van der Waals surface area contributed by atoms with Crippen molar-refractivity contribution in [1.29, 1.82) is 0 Å². The van der Waals surface area contributed by atoms with Gasteiger partial charge in [0.1, 0.15) is 12.2 Å². The van der Waals surface area contributed by atoms with E-state index in [2.05, 4.69) is 0 Å². The Morgan fingerprint density at radius 1 is 1.08 bits per heavy atom. The van der Waals surface area contributed by atoms with Gasteiger partial charge < -0.3 is 30.6 Å². The lowest BCUT2D eigenvalue weighted by molar-refractivity contribution is -0.261. The van der Waals surface area contributed by atoms with Gasteiger partial charge in [-0.05, 0) is 11.6 Å². The monoisotopic (exact) mass is 338 g/mol. The van der Waals surface area contributed by atoms with Gasteiger partial charge in [-0.25, -0.2) is 4.79 Å². The molecule has 0 aromatic heterocycles. The normalized spacial score (nSPS) is 36.6. The first kappa shape index (κ1) is 18.2. The average Bonchev–Trinajstić information content (AvgIpc) is 2.56. The predicted octanol–water partition coefficient (Wildman–Crippen LogP) is -1.70. The number of hydrogen-bond donors (Lipinski definition) is 6. The van der Waals surface area contributed by atoms with Gasteiger partial charge in [-0.15, -0.1) is 0 Å². The summed E-state index contributed by atoms with van der Waals surface area (Å²) >= 11 is 0. The van der Waals surface area contributed by atoms with Crippen LogP contribution in [0.2, 0.25) is 0 Å². The highest BCUT2D eigenvalue weighted by Crippen LogP contribution is 2.39. The number of aliphatic hydroxyl groups is 5. The number of hydrogen-bond acceptors (Lipinski definition) is 7. The molecule has 1 aliphatic rings. The van der Waals surface area contributed by atoms with E-state index in [1.165, 1.54) is 6.08 Å². The Kier molecular flexibility index (Phi) is 4.88. The van der Waals surface area contributed by atoms with Gasteiger partial charge in [-0.3, -0.25) is 4.79 Å². The van der Waals surface area contributed by atoms with Crippen LogP contribution in [-0.4, -0.2) is 71.9 Å². The van der Waals surface area contributed by atoms with Gasteiger partial charge in [0.05, 0.1) is 6.10 Å². The molecule has 8 heteroatoms. The van der Waals surface area contributed by atoms with Crippen LogP contribution in [0.15, 0.2) is 36.4 Å². The van der Waals surface area contributed by atoms with E-state index in [0.717, 1.165) is 6.08 Å². The number of benzene rings is 1. The Morgan fingerprint density at radius 3 is 2.21 bits per heavy atom. The van der Waals surface area contributed by atoms with Gasteiger partial charge in [0, 0.05) is 6.42 Å². The second kappa shape index (κ2) is 6.42. The Bertz CT molecular complexity index is 657. The number of aliphatic hydroxyl groups excluding tert-OH is 3. The van der Waals surface area contributed by atoms with Gasteiger partial charge >= 0.3 is 5.97 Å². The molecule has 0 spiro atoms. The number of rotatable bonds is 4. The molecule has 0 aliphatic heterocycles. The van der Waals surface area contributed by atoms with E-state index >= 15 is 0 Å². The number of carboxylic acid groups (broad SMARTS) is 1. The number of carbonyl (C=O) groups is 2. The zero-order valence-corrected chi connectivity index (χ0v) is 12.5. The molecule has 1 fully saturated rings. The Balaban J connectivity index is 2.43.